The van der Waals surface area contributed by atoms with Crippen LogP contribution >= 0.6 is 11.3 Å². The van der Waals surface area contributed by atoms with Gasteiger partial charge in [0.2, 0.25) is 0 Å². The van der Waals surface area contributed by atoms with Crippen LogP contribution in [0.25, 0.3) is 0 Å². The molecule has 0 radical (unpaired) electrons. The number of benzene rings is 1. The van der Waals surface area contributed by atoms with Gasteiger partial charge < -0.3 is 4.90 Å². The smallest absolute Gasteiger partial charge is 0.315 e. The van der Waals surface area contributed by atoms with E-state index < -0.39 is 31.9 Å². The van der Waals surface area contributed by atoms with Crippen molar-refractivity contribution in [3.63, 3.8) is 0 Å². The third-order valence-electron chi connectivity index (χ3n) is 4.75. The maximum atomic E-state index is 12.9. The van der Waals surface area contributed by atoms with Crippen molar-refractivity contribution >= 4 is 37.2 Å². The topological polar surface area (TPSA) is 101 Å². The molecule has 1 unspecified atom stereocenters. The maximum Gasteiger partial charge on any atom is 0.331 e. The van der Waals surface area contributed by atoms with Crippen molar-refractivity contribution in [2.24, 2.45) is 0 Å². The summed E-state index contributed by atoms with van der Waals surface area (Å²) >= 11 is 1.45. The summed E-state index contributed by atoms with van der Waals surface area (Å²) in [4.78, 5) is 15.1. The summed E-state index contributed by atoms with van der Waals surface area (Å²) in [6, 6.07) is 6.70. The molecule has 1 aromatic carbocycles. The molecular weight excluding hydrogens is 420 g/mol. The summed E-state index contributed by atoms with van der Waals surface area (Å²) in [5.41, 5.74) is 1.88. The fourth-order valence-corrected chi connectivity index (χ4v) is 6.65. The van der Waals surface area contributed by atoms with Crippen LogP contribution in [0.15, 0.2) is 40.6 Å². The molecule has 1 N–H and O–H groups in total. The molecule has 1 aliphatic heterocycles. The van der Waals surface area contributed by atoms with E-state index in [1.807, 2.05) is 25.3 Å². The molecule has 7 nitrogen and oxygen atoms in total. The minimum atomic E-state index is -4.06. The van der Waals surface area contributed by atoms with Gasteiger partial charge in [0.05, 0.1) is 22.9 Å². The molecule has 0 bridgehead atoms. The van der Waals surface area contributed by atoms with Crippen LogP contribution in [0.3, 0.4) is 0 Å². The molecule has 10 heteroatoms. The molecule has 152 valence electrons. The molecule has 1 aromatic heterocycles. The van der Waals surface area contributed by atoms with Crippen LogP contribution in [0.4, 0.5) is 4.79 Å². The Kier molecular flexibility index (Phi) is 5.83. The number of hydrogen-bond donors (Lipinski definition) is 1. The third kappa shape index (κ3) is 4.73. The Hall–Kier alpha value is -1.91. The van der Waals surface area contributed by atoms with Crippen molar-refractivity contribution in [1.82, 2.24) is 9.62 Å². The average molecular weight is 443 g/mol. The molecule has 28 heavy (non-hydrogen) atoms. The first-order valence-corrected chi connectivity index (χ1v) is 12.9. The molecule has 2 aromatic rings. The molecule has 0 saturated carbocycles. The normalized spacial score (nSPS) is 18.7. The van der Waals surface area contributed by atoms with Crippen LogP contribution in [0.1, 0.15) is 22.4 Å². The molecule has 2 amide bonds. The first-order chi connectivity index (χ1) is 13.1. The summed E-state index contributed by atoms with van der Waals surface area (Å²) in [5.74, 6) is -0.162. The highest BCUT2D eigenvalue weighted by Crippen LogP contribution is 2.24. The Morgan fingerprint density at radius 1 is 1.21 bits per heavy atom. The summed E-state index contributed by atoms with van der Waals surface area (Å²) in [6.07, 6.45) is 0.296. The van der Waals surface area contributed by atoms with Gasteiger partial charge >= 0.3 is 6.03 Å². The fourth-order valence-electron chi connectivity index (χ4n) is 3.06. The molecule has 1 fully saturated rings. The van der Waals surface area contributed by atoms with Gasteiger partial charge in [-0.1, -0.05) is 17.7 Å². The van der Waals surface area contributed by atoms with Crippen LogP contribution in [0.5, 0.6) is 0 Å². The predicted octanol–water partition coefficient (Wildman–Crippen LogP) is 2.45. The standard InChI is InChI=1S/C18H22N2O5S3/c1-13-3-5-16(6-4-13)28(24,25)19-18(21)20(11-17-14(2)7-9-26-17)15-8-10-27(22,23)12-15/h3-7,9,15H,8,10-12H2,1-2H3,(H,19,21). The SMILES string of the molecule is Cc1ccc(S(=O)(=O)NC(=O)N(Cc2sccc2C)C2CCS(=O)(=O)C2)cc1. The summed E-state index contributed by atoms with van der Waals surface area (Å²) < 4.78 is 51.1. The monoisotopic (exact) mass is 442 g/mol. The second-order valence-electron chi connectivity index (χ2n) is 6.94. The highest BCUT2D eigenvalue weighted by Gasteiger charge is 2.36. The highest BCUT2D eigenvalue weighted by atomic mass is 32.2. The van der Waals surface area contributed by atoms with E-state index in [4.69, 9.17) is 0 Å². The van der Waals surface area contributed by atoms with Crippen LogP contribution in [0, 0.1) is 13.8 Å². The number of aryl methyl sites for hydroxylation is 2. The first kappa shape index (κ1) is 20.8. The van der Waals surface area contributed by atoms with Crippen LogP contribution in [0.2, 0.25) is 0 Å². The fraction of sp³-hybridized carbons (Fsp3) is 0.389. The van der Waals surface area contributed by atoms with Crippen LogP contribution < -0.4 is 4.72 Å². The van der Waals surface area contributed by atoms with Gasteiger partial charge in [-0.05, 0) is 49.4 Å². The number of sulfone groups is 1. The van der Waals surface area contributed by atoms with E-state index in [-0.39, 0.29) is 22.9 Å². The van der Waals surface area contributed by atoms with E-state index in [0.717, 1.165) is 16.0 Å². The molecular formula is C18H22N2O5S3. The summed E-state index contributed by atoms with van der Waals surface area (Å²) in [7, 11) is -7.29. The second kappa shape index (κ2) is 7.84. The van der Waals surface area contributed by atoms with Gasteiger partial charge in [-0.25, -0.2) is 26.4 Å². The molecule has 1 saturated heterocycles. The molecule has 1 atom stereocenters. The van der Waals surface area contributed by atoms with Gasteiger partial charge in [0.15, 0.2) is 9.84 Å². The minimum absolute atomic E-state index is 0.00438. The van der Waals surface area contributed by atoms with Gasteiger partial charge in [-0.3, -0.25) is 0 Å². The van der Waals surface area contributed by atoms with Crippen LogP contribution in [-0.4, -0.2) is 45.3 Å². The number of urea groups is 1. The molecule has 3 rings (SSSR count). The van der Waals surface area contributed by atoms with Crippen molar-refractivity contribution in [2.75, 3.05) is 11.5 Å². The number of nitrogens with zero attached hydrogens (tertiary/aromatic N) is 1. The number of sulfonamides is 1. The Morgan fingerprint density at radius 2 is 1.89 bits per heavy atom. The molecule has 2 heterocycles. The average Bonchev–Trinajstić information content (AvgIpc) is 3.17. The van der Waals surface area contributed by atoms with Gasteiger partial charge in [-0.2, -0.15) is 0 Å². The van der Waals surface area contributed by atoms with E-state index >= 15 is 0 Å². The van der Waals surface area contributed by atoms with E-state index in [1.165, 1.54) is 28.4 Å². The lowest BCUT2D eigenvalue weighted by atomic mass is 10.2. The Balaban J connectivity index is 1.85. The lowest BCUT2D eigenvalue weighted by Crippen LogP contribution is -2.48. The van der Waals surface area contributed by atoms with E-state index in [0.29, 0.717) is 6.42 Å². The largest absolute Gasteiger partial charge is 0.331 e. The van der Waals surface area contributed by atoms with E-state index in [2.05, 4.69) is 4.72 Å². The van der Waals surface area contributed by atoms with Crippen LogP contribution in [-0.2, 0) is 26.4 Å². The van der Waals surface area contributed by atoms with E-state index in [9.17, 15) is 21.6 Å². The number of rotatable bonds is 5. The number of thiophene rings is 1. The lowest BCUT2D eigenvalue weighted by Gasteiger charge is -2.28. The Labute approximate surface area is 169 Å². The summed E-state index contributed by atoms with van der Waals surface area (Å²) in [6.45, 7) is 3.90. The van der Waals surface area contributed by atoms with Gasteiger partial charge in [0.1, 0.15) is 0 Å². The third-order valence-corrected chi connectivity index (χ3v) is 8.84. The number of nitrogens with one attached hydrogen (secondary N) is 1. The Morgan fingerprint density at radius 3 is 2.43 bits per heavy atom. The second-order valence-corrected chi connectivity index (χ2v) is 11.8. The van der Waals surface area contributed by atoms with Crippen molar-refractivity contribution in [3.8, 4) is 0 Å². The lowest BCUT2D eigenvalue weighted by molar-refractivity contribution is 0.183. The number of hydrogen-bond acceptors (Lipinski definition) is 6. The van der Waals surface area contributed by atoms with Crippen molar-refractivity contribution in [3.05, 3.63) is 51.7 Å². The maximum absolute atomic E-state index is 12.9. The van der Waals surface area contributed by atoms with Gasteiger partial charge in [0, 0.05) is 10.9 Å². The van der Waals surface area contributed by atoms with Gasteiger partial charge in [0.25, 0.3) is 10.0 Å². The number of carbonyl (C=O) groups is 1. The predicted molar refractivity (Wildman–Crippen MR) is 109 cm³/mol. The zero-order valence-electron chi connectivity index (χ0n) is 15.6. The minimum Gasteiger partial charge on any atom is -0.315 e. The summed E-state index contributed by atoms with van der Waals surface area (Å²) in [5, 5.41) is 1.88. The number of carbonyl (C=O) groups excluding carboxylic acids is 1. The molecule has 0 spiro atoms. The van der Waals surface area contributed by atoms with Crippen molar-refractivity contribution in [2.45, 2.75) is 37.8 Å². The molecule has 1 aliphatic rings. The van der Waals surface area contributed by atoms with Crippen molar-refractivity contribution in [1.29, 1.82) is 0 Å². The highest BCUT2D eigenvalue weighted by molar-refractivity contribution is 7.91. The van der Waals surface area contributed by atoms with Crippen molar-refractivity contribution < 1.29 is 21.6 Å². The zero-order chi connectivity index (χ0) is 20.5. The Bertz CT molecular complexity index is 1070. The van der Waals surface area contributed by atoms with Gasteiger partial charge in [-0.15, -0.1) is 11.3 Å². The zero-order valence-corrected chi connectivity index (χ0v) is 18.0. The molecule has 0 aliphatic carbocycles. The first-order valence-electron chi connectivity index (χ1n) is 8.71. The quantitative estimate of drug-likeness (QED) is 0.767. The van der Waals surface area contributed by atoms with E-state index in [1.54, 1.807) is 12.1 Å². The number of amides is 2.